The summed E-state index contributed by atoms with van der Waals surface area (Å²) in [6.45, 7) is 3.58. The summed E-state index contributed by atoms with van der Waals surface area (Å²) in [7, 11) is 0. The second-order valence-electron chi connectivity index (χ2n) is 6.98. The molecule has 1 amide bonds. The molecule has 1 aromatic heterocycles. The van der Waals surface area contributed by atoms with Crippen molar-refractivity contribution in [3.63, 3.8) is 0 Å². The molecule has 2 fully saturated rings. The lowest BCUT2D eigenvalue weighted by Gasteiger charge is -2.35. The second-order valence-corrected chi connectivity index (χ2v) is 7.39. The summed E-state index contributed by atoms with van der Waals surface area (Å²) >= 11 is 6.11. The third-order valence-electron chi connectivity index (χ3n) is 5.15. The molecular formula is C18H29Cl3N4O2. The minimum absolute atomic E-state index is 0. The molecule has 0 spiro atoms. The molecule has 1 aromatic rings. The molecule has 3 rings (SSSR count). The van der Waals surface area contributed by atoms with Gasteiger partial charge in [-0.15, -0.1) is 24.8 Å². The summed E-state index contributed by atoms with van der Waals surface area (Å²) in [6.07, 6.45) is 5.42. The largest absolute Gasteiger partial charge is 0.381 e. The van der Waals surface area contributed by atoms with Gasteiger partial charge in [0.1, 0.15) is 0 Å². The smallest absolute Gasteiger partial charge is 0.224 e. The van der Waals surface area contributed by atoms with Gasteiger partial charge in [0, 0.05) is 44.6 Å². The van der Waals surface area contributed by atoms with Crippen LogP contribution in [0.1, 0.15) is 31.4 Å². The zero-order valence-corrected chi connectivity index (χ0v) is 17.7. The average Bonchev–Trinajstić information content (AvgIpc) is 2.83. The maximum Gasteiger partial charge on any atom is 0.224 e. The molecule has 6 nitrogen and oxygen atoms in total. The van der Waals surface area contributed by atoms with Crippen LogP contribution in [0.3, 0.4) is 0 Å². The number of nitrogens with one attached hydrogen (secondary N) is 1. The molecule has 154 valence electrons. The lowest BCUT2D eigenvalue weighted by molar-refractivity contribution is -0.126. The van der Waals surface area contributed by atoms with E-state index in [9.17, 15) is 4.79 Å². The third kappa shape index (κ3) is 7.04. The van der Waals surface area contributed by atoms with Crippen LogP contribution >= 0.6 is 36.4 Å². The number of nitrogens with two attached hydrogens (primary N) is 1. The fourth-order valence-electron chi connectivity index (χ4n) is 3.68. The molecule has 0 bridgehead atoms. The highest BCUT2D eigenvalue weighted by molar-refractivity contribution is 6.31. The van der Waals surface area contributed by atoms with E-state index in [1.54, 1.807) is 18.3 Å². The molecule has 3 N–H and O–H groups in total. The number of amides is 1. The van der Waals surface area contributed by atoms with Crippen molar-refractivity contribution in [2.45, 2.75) is 44.3 Å². The van der Waals surface area contributed by atoms with Crippen LogP contribution in [-0.4, -0.2) is 54.2 Å². The molecule has 9 heteroatoms. The van der Waals surface area contributed by atoms with E-state index < -0.39 is 0 Å². The number of nitrogens with zero attached hydrogens (tertiary/aromatic N) is 2. The predicted octanol–water partition coefficient (Wildman–Crippen LogP) is 2.41. The molecule has 0 saturated carbocycles. The summed E-state index contributed by atoms with van der Waals surface area (Å²) in [4.78, 5) is 19.3. The van der Waals surface area contributed by atoms with Gasteiger partial charge in [-0.3, -0.25) is 14.7 Å². The summed E-state index contributed by atoms with van der Waals surface area (Å²) in [5, 5.41) is 3.58. The first-order valence-corrected chi connectivity index (χ1v) is 9.45. The summed E-state index contributed by atoms with van der Waals surface area (Å²) in [5.74, 6) is 0.0201. The summed E-state index contributed by atoms with van der Waals surface area (Å²) < 4.78 is 5.47. The number of carbonyl (C=O) groups excluding carboxylic acids is 1. The van der Waals surface area contributed by atoms with Crippen molar-refractivity contribution in [1.82, 2.24) is 15.2 Å². The quantitative estimate of drug-likeness (QED) is 0.753. The predicted molar refractivity (Wildman–Crippen MR) is 112 cm³/mol. The first-order valence-electron chi connectivity index (χ1n) is 9.08. The van der Waals surface area contributed by atoms with Gasteiger partial charge in [-0.2, -0.15) is 0 Å². The standard InChI is InChI=1S/C18H27ClN4O2.2ClH/c19-16-2-1-7-21-17(16)10-22-18(24)13-3-4-14(20)12-23(11-13)15-5-8-25-9-6-15;;/h1-2,7,13-15H,3-6,8-12,20H2,(H,22,24);2*1H/t13-,14+;;/m1../s1. The van der Waals surface area contributed by atoms with E-state index in [4.69, 9.17) is 22.1 Å². The van der Waals surface area contributed by atoms with Gasteiger partial charge in [-0.05, 0) is 37.8 Å². The van der Waals surface area contributed by atoms with Crippen molar-refractivity contribution >= 4 is 42.3 Å². The Balaban J connectivity index is 0.00000182. The van der Waals surface area contributed by atoms with E-state index in [0.717, 1.165) is 52.0 Å². The van der Waals surface area contributed by atoms with Crippen LogP contribution in [0.15, 0.2) is 18.3 Å². The lowest BCUT2D eigenvalue weighted by Crippen LogP contribution is -2.47. The van der Waals surface area contributed by atoms with Gasteiger partial charge < -0.3 is 15.8 Å². The molecule has 0 aromatic carbocycles. The van der Waals surface area contributed by atoms with E-state index in [2.05, 4.69) is 15.2 Å². The Bertz CT molecular complexity index is 587. The number of carbonyl (C=O) groups is 1. The van der Waals surface area contributed by atoms with Crippen molar-refractivity contribution in [3.8, 4) is 0 Å². The van der Waals surface area contributed by atoms with Crippen LogP contribution in [-0.2, 0) is 16.1 Å². The zero-order valence-electron chi connectivity index (χ0n) is 15.3. The number of ether oxygens (including phenoxy) is 1. The molecule has 2 aliphatic rings. The maximum atomic E-state index is 12.7. The summed E-state index contributed by atoms with van der Waals surface area (Å²) in [6, 6.07) is 4.17. The number of rotatable bonds is 4. The molecule has 0 radical (unpaired) electrons. The minimum atomic E-state index is -0.0427. The molecule has 3 heterocycles. The van der Waals surface area contributed by atoms with Crippen LogP contribution in [0.2, 0.25) is 5.02 Å². The maximum absolute atomic E-state index is 12.7. The van der Waals surface area contributed by atoms with Crippen LogP contribution in [0.25, 0.3) is 0 Å². The van der Waals surface area contributed by atoms with Gasteiger partial charge in [0.2, 0.25) is 5.91 Å². The van der Waals surface area contributed by atoms with Crippen molar-refractivity contribution in [2.24, 2.45) is 11.7 Å². The van der Waals surface area contributed by atoms with E-state index >= 15 is 0 Å². The molecular weight excluding hydrogens is 411 g/mol. The Hall–Kier alpha value is -0.630. The Labute approximate surface area is 178 Å². The van der Waals surface area contributed by atoms with Gasteiger partial charge in [-0.25, -0.2) is 0 Å². The normalized spacial score (nSPS) is 24.2. The van der Waals surface area contributed by atoms with E-state index in [1.807, 2.05) is 0 Å². The Morgan fingerprint density at radius 2 is 2.00 bits per heavy atom. The second kappa shape index (κ2) is 12.0. The first kappa shape index (κ1) is 24.4. The van der Waals surface area contributed by atoms with Crippen LogP contribution in [0.5, 0.6) is 0 Å². The molecule has 27 heavy (non-hydrogen) atoms. The third-order valence-corrected chi connectivity index (χ3v) is 5.50. The molecule has 2 atom stereocenters. The van der Waals surface area contributed by atoms with E-state index in [1.165, 1.54) is 0 Å². The highest BCUT2D eigenvalue weighted by atomic mass is 35.5. The number of halogens is 3. The topological polar surface area (TPSA) is 80.5 Å². The first-order chi connectivity index (χ1) is 12.1. The van der Waals surface area contributed by atoms with E-state index in [0.29, 0.717) is 23.3 Å². The van der Waals surface area contributed by atoms with Gasteiger partial charge in [0.25, 0.3) is 0 Å². The van der Waals surface area contributed by atoms with Gasteiger partial charge >= 0.3 is 0 Å². The van der Waals surface area contributed by atoms with Crippen LogP contribution in [0.4, 0.5) is 0 Å². The lowest BCUT2D eigenvalue weighted by atomic mass is 10.0. The van der Waals surface area contributed by atoms with Gasteiger partial charge in [-0.1, -0.05) is 11.6 Å². The van der Waals surface area contributed by atoms with Crippen LogP contribution < -0.4 is 11.1 Å². The zero-order chi connectivity index (χ0) is 17.6. The SMILES string of the molecule is Cl.Cl.N[C@H]1CC[C@@H](C(=O)NCc2ncccc2Cl)CN(C2CCOCC2)C1. The Morgan fingerprint density at radius 1 is 1.26 bits per heavy atom. The highest BCUT2D eigenvalue weighted by Crippen LogP contribution is 2.23. The highest BCUT2D eigenvalue weighted by Gasteiger charge is 2.31. The number of likely N-dealkylation sites (tertiary alicyclic amines) is 1. The van der Waals surface area contributed by atoms with Gasteiger partial charge in [0.15, 0.2) is 0 Å². The number of hydrogen-bond donors (Lipinski definition) is 2. The summed E-state index contributed by atoms with van der Waals surface area (Å²) in [5.41, 5.74) is 6.95. The Morgan fingerprint density at radius 3 is 2.70 bits per heavy atom. The number of pyridine rings is 1. The van der Waals surface area contributed by atoms with Gasteiger partial charge in [0.05, 0.1) is 23.2 Å². The van der Waals surface area contributed by atoms with Crippen molar-refractivity contribution in [3.05, 3.63) is 29.0 Å². The van der Waals surface area contributed by atoms with Crippen molar-refractivity contribution in [1.29, 1.82) is 0 Å². The average molecular weight is 440 g/mol. The molecule has 0 unspecified atom stereocenters. The monoisotopic (exact) mass is 438 g/mol. The Kier molecular flexibility index (Phi) is 10.9. The van der Waals surface area contributed by atoms with Crippen molar-refractivity contribution in [2.75, 3.05) is 26.3 Å². The van der Waals surface area contributed by atoms with E-state index in [-0.39, 0.29) is 42.7 Å². The molecule has 0 aliphatic carbocycles. The van der Waals surface area contributed by atoms with Crippen LogP contribution in [0, 0.1) is 5.92 Å². The number of aromatic nitrogens is 1. The molecule has 2 aliphatic heterocycles. The fraction of sp³-hybridized carbons (Fsp3) is 0.667. The molecule has 2 saturated heterocycles. The number of hydrogen-bond acceptors (Lipinski definition) is 5. The minimum Gasteiger partial charge on any atom is -0.381 e. The fourth-order valence-corrected chi connectivity index (χ4v) is 3.87. The van der Waals surface area contributed by atoms with Crippen molar-refractivity contribution < 1.29 is 9.53 Å².